The van der Waals surface area contributed by atoms with Crippen molar-refractivity contribution in [1.82, 2.24) is 39.4 Å². The number of hydrogen-bond acceptors (Lipinski definition) is 7. The number of carbonyl (C=O) groups excluding carboxylic acids is 1. The summed E-state index contributed by atoms with van der Waals surface area (Å²) in [5.41, 5.74) is 2.82. The maximum Gasteiger partial charge on any atom is 0.230 e. The summed E-state index contributed by atoms with van der Waals surface area (Å²) in [6.07, 6.45) is 7.66. The Bertz CT molecular complexity index is 1300. The largest absolute Gasteiger partial charge is 0.345 e. The number of aryl methyl sites for hydroxylation is 1. The number of anilines is 2. The van der Waals surface area contributed by atoms with Gasteiger partial charge in [-0.05, 0) is 24.6 Å². The maximum atomic E-state index is 12.3. The Hall–Kier alpha value is -3.79. The fraction of sp³-hybridized carbons (Fsp3) is 0.238. The number of aromatic nitrogens is 7. The summed E-state index contributed by atoms with van der Waals surface area (Å²) in [5.74, 6) is 0.999. The minimum atomic E-state index is -0.147. The molecule has 10 nitrogen and oxygen atoms in total. The number of nitrogens with one attached hydrogen (secondary N) is 1. The molecule has 0 aliphatic carbocycles. The number of likely N-dealkylation sites (tertiary alicyclic amines) is 1. The lowest BCUT2D eigenvalue weighted by Crippen LogP contribution is -2.21. The Morgan fingerprint density at radius 1 is 1.09 bits per heavy atom. The van der Waals surface area contributed by atoms with Crippen LogP contribution in [-0.2, 0) is 11.8 Å². The van der Waals surface area contributed by atoms with Crippen LogP contribution in [0.25, 0.3) is 17.2 Å². The van der Waals surface area contributed by atoms with Crippen molar-refractivity contribution in [2.75, 3.05) is 18.9 Å². The van der Waals surface area contributed by atoms with Gasteiger partial charge in [0, 0.05) is 38.6 Å². The van der Waals surface area contributed by atoms with E-state index in [9.17, 15) is 4.79 Å². The third-order valence-corrected chi connectivity index (χ3v) is 5.88. The molecule has 4 aromatic heterocycles. The molecule has 1 saturated heterocycles. The van der Waals surface area contributed by atoms with Gasteiger partial charge in [0.2, 0.25) is 11.9 Å². The van der Waals surface area contributed by atoms with Gasteiger partial charge in [-0.25, -0.2) is 19.6 Å². The van der Waals surface area contributed by atoms with Crippen molar-refractivity contribution in [2.24, 2.45) is 7.05 Å². The topological polar surface area (TPSA) is 107 Å². The van der Waals surface area contributed by atoms with Crippen molar-refractivity contribution in [3.8, 4) is 17.2 Å². The molecule has 32 heavy (non-hydrogen) atoms. The van der Waals surface area contributed by atoms with Crippen LogP contribution in [-0.4, -0.2) is 58.9 Å². The highest BCUT2D eigenvalue weighted by Gasteiger charge is 2.31. The van der Waals surface area contributed by atoms with Crippen molar-refractivity contribution < 1.29 is 4.79 Å². The first-order chi connectivity index (χ1) is 15.5. The first-order valence-electron chi connectivity index (χ1n) is 10.0. The van der Waals surface area contributed by atoms with E-state index in [2.05, 4.69) is 25.5 Å². The molecule has 162 valence electrons. The fourth-order valence-corrected chi connectivity index (χ4v) is 3.80. The van der Waals surface area contributed by atoms with Gasteiger partial charge >= 0.3 is 0 Å². The second-order valence-corrected chi connectivity index (χ2v) is 7.92. The molecule has 11 heteroatoms. The maximum absolute atomic E-state index is 12.3. The van der Waals surface area contributed by atoms with Crippen molar-refractivity contribution >= 4 is 29.1 Å². The van der Waals surface area contributed by atoms with Crippen LogP contribution >= 0.6 is 11.6 Å². The lowest BCUT2D eigenvalue weighted by molar-refractivity contribution is -0.127. The van der Waals surface area contributed by atoms with Crippen molar-refractivity contribution in [1.29, 1.82) is 0 Å². The highest BCUT2D eigenvalue weighted by molar-refractivity contribution is 6.32. The Kier molecular flexibility index (Phi) is 5.06. The lowest BCUT2D eigenvalue weighted by atomic mass is 10.0. The SMILES string of the molecule is CN1CC[C@@H](c2cnn(-c3cccc(-c4ccnc(Nc5cnn(C)c5Cl)n4)n3)c2)C1=O. The summed E-state index contributed by atoms with van der Waals surface area (Å²) >= 11 is 6.21. The highest BCUT2D eigenvalue weighted by Crippen LogP contribution is 2.28. The van der Waals surface area contributed by atoms with E-state index in [1.807, 2.05) is 31.4 Å². The molecule has 0 bridgehead atoms. The standard InChI is InChI=1S/C21H20ClN9O/c1-29-9-7-14(20(29)32)13-10-25-31(12-13)18-5-3-4-15(26-18)16-6-8-23-21(27-16)28-17-11-24-30(2)19(17)22/h3-6,8,10-12,14H,7,9H2,1-2H3,(H,23,27,28)/t14-/m0/s1. The van der Waals surface area contributed by atoms with Gasteiger partial charge in [0.25, 0.3) is 0 Å². The molecule has 1 amide bonds. The number of rotatable bonds is 5. The van der Waals surface area contributed by atoms with Gasteiger partial charge in [-0.2, -0.15) is 10.2 Å². The fourth-order valence-electron chi connectivity index (χ4n) is 3.66. The predicted octanol–water partition coefficient (Wildman–Crippen LogP) is 2.80. The third kappa shape index (κ3) is 3.69. The van der Waals surface area contributed by atoms with E-state index in [4.69, 9.17) is 16.6 Å². The summed E-state index contributed by atoms with van der Waals surface area (Å²) < 4.78 is 3.23. The molecule has 1 fully saturated rings. The number of pyridine rings is 1. The predicted molar refractivity (Wildman–Crippen MR) is 119 cm³/mol. The van der Waals surface area contributed by atoms with E-state index in [0.717, 1.165) is 18.5 Å². The van der Waals surface area contributed by atoms with Gasteiger partial charge in [0.1, 0.15) is 5.15 Å². The molecule has 5 heterocycles. The molecule has 0 radical (unpaired) electrons. The summed E-state index contributed by atoms with van der Waals surface area (Å²) in [5, 5.41) is 12.1. The zero-order valence-electron chi connectivity index (χ0n) is 17.5. The number of halogens is 1. The van der Waals surface area contributed by atoms with Crippen molar-refractivity contribution in [3.63, 3.8) is 0 Å². The smallest absolute Gasteiger partial charge is 0.230 e. The number of carbonyl (C=O) groups is 1. The lowest BCUT2D eigenvalue weighted by Gasteiger charge is -2.08. The third-order valence-electron chi connectivity index (χ3n) is 5.43. The molecule has 0 unspecified atom stereocenters. The second kappa shape index (κ2) is 8.04. The van der Waals surface area contributed by atoms with Crippen LogP contribution in [0.4, 0.5) is 11.6 Å². The summed E-state index contributed by atoms with van der Waals surface area (Å²) in [6.45, 7) is 0.761. The van der Waals surface area contributed by atoms with Crippen LogP contribution in [0.15, 0.2) is 49.1 Å². The van der Waals surface area contributed by atoms with Crippen LogP contribution in [0.1, 0.15) is 17.9 Å². The van der Waals surface area contributed by atoms with E-state index in [0.29, 0.717) is 34.0 Å². The molecule has 1 aliphatic rings. The van der Waals surface area contributed by atoms with Gasteiger partial charge in [0.15, 0.2) is 5.82 Å². The zero-order valence-corrected chi connectivity index (χ0v) is 18.2. The molecule has 4 aromatic rings. The minimum Gasteiger partial charge on any atom is -0.345 e. The molecule has 0 saturated carbocycles. The van der Waals surface area contributed by atoms with Crippen LogP contribution < -0.4 is 5.32 Å². The average molecular weight is 450 g/mol. The molecular weight excluding hydrogens is 430 g/mol. The van der Waals surface area contributed by atoms with E-state index >= 15 is 0 Å². The first-order valence-corrected chi connectivity index (χ1v) is 10.4. The Labute approximate surface area is 188 Å². The first kappa shape index (κ1) is 20.1. The van der Waals surface area contributed by atoms with Crippen LogP contribution in [0, 0.1) is 0 Å². The Morgan fingerprint density at radius 3 is 2.69 bits per heavy atom. The van der Waals surface area contributed by atoms with Crippen LogP contribution in [0.2, 0.25) is 5.15 Å². The van der Waals surface area contributed by atoms with E-state index < -0.39 is 0 Å². The molecule has 5 rings (SSSR count). The number of nitrogens with zero attached hydrogens (tertiary/aromatic N) is 8. The van der Waals surface area contributed by atoms with E-state index in [-0.39, 0.29) is 11.8 Å². The molecule has 1 N–H and O–H groups in total. The molecule has 1 aliphatic heterocycles. The number of hydrogen-bond donors (Lipinski definition) is 1. The Morgan fingerprint density at radius 2 is 1.94 bits per heavy atom. The highest BCUT2D eigenvalue weighted by atomic mass is 35.5. The number of amides is 1. The van der Waals surface area contributed by atoms with Crippen molar-refractivity contribution in [3.05, 3.63) is 59.8 Å². The summed E-state index contributed by atoms with van der Waals surface area (Å²) in [4.78, 5) is 27.6. The minimum absolute atomic E-state index is 0.126. The molecule has 0 spiro atoms. The molecule has 1 atom stereocenters. The van der Waals surface area contributed by atoms with Gasteiger partial charge < -0.3 is 10.2 Å². The van der Waals surface area contributed by atoms with Gasteiger partial charge in [-0.1, -0.05) is 17.7 Å². The van der Waals surface area contributed by atoms with Crippen LogP contribution in [0.5, 0.6) is 0 Å². The van der Waals surface area contributed by atoms with Gasteiger partial charge in [-0.3, -0.25) is 9.48 Å². The Balaban J connectivity index is 1.40. The summed E-state index contributed by atoms with van der Waals surface area (Å²) in [7, 11) is 3.58. The zero-order chi connectivity index (χ0) is 22.2. The van der Waals surface area contributed by atoms with Gasteiger partial charge in [0.05, 0.1) is 35.4 Å². The normalized spacial score (nSPS) is 16.0. The quantitative estimate of drug-likeness (QED) is 0.499. The van der Waals surface area contributed by atoms with Crippen LogP contribution in [0.3, 0.4) is 0 Å². The number of likely N-dealkylation sites (N-methyl/N-ethyl adjacent to an activating group) is 1. The van der Waals surface area contributed by atoms with E-state index in [1.165, 1.54) is 0 Å². The monoisotopic (exact) mass is 449 g/mol. The second-order valence-electron chi connectivity index (χ2n) is 7.56. The van der Waals surface area contributed by atoms with Gasteiger partial charge in [-0.15, -0.1) is 0 Å². The van der Waals surface area contributed by atoms with Crippen molar-refractivity contribution in [2.45, 2.75) is 12.3 Å². The molecule has 0 aromatic carbocycles. The average Bonchev–Trinajstić information content (AvgIpc) is 3.51. The summed E-state index contributed by atoms with van der Waals surface area (Å²) in [6, 6.07) is 7.40. The molecular formula is C21H20ClN9O. The van der Waals surface area contributed by atoms with E-state index in [1.54, 1.807) is 46.0 Å².